The van der Waals surface area contributed by atoms with Gasteiger partial charge >= 0.3 is 5.97 Å². The molecule has 1 saturated heterocycles. The fourth-order valence-corrected chi connectivity index (χ4v) is 4.78. The zero-order valence-electron chi connectivity index (χ0n) is 16.8. The van der Waals surface area contributed by atoms with E-state index in [9.17, 15) is 26.8 Å². The van der Waals surface area contributed by atoms with E-state index in [-0.39, 0.29) is 32.5 Å². The van der Waals surface area contributed by atoms with Crippen LogP contribution in [-0.4, -0.2) is 56.2 Å². The number of halogens is 2. The second kappa shape index (κ2) is 9.56. The maximum absolute atomic E-state index is 13.9. The Morgan fingerprint density at radius 1 is 1.23 bits per heavy atom. The van der Waals surface area contributed by atoms with Crippen molar-refractivity contribution in [3.05, 3.63) is 54.0 Å². The second-order valence-corrected chi connectivity index (χ2v) is 9.10. The van der Waals surface area contributed by atoms with Gasteiger partial charge in [-0.1, -0.05) is 0 Å². The number of furan rings is 1. The quantitative estimate of drug-likeness (QED) is 0.593. The molecule has 1 aromatic carbocycles. The van der Waals surface area contributed by atoms with Crippen molar-refractivity contribution in [3.63, 3.8) is 0 Å². The number of hydrogen-bond donors (Lipinski definition) is 0. The number of hydrogen-bond acceptors (Lipinski definition) is 6. The summed E-state index contributed by atoms with van der Waals surface area (Å²) in [6, 6.07) is 5.64. The van der Waals surface area contributed by atoms with Gasteiger partial charge < -0.3 is 14.1 Å². The molecule has 168 valence electrons. The van der Waals surface area contributed by atoms with Gasteiger partial charge in [-0.25, -0.2) is 17.2 Å². The molecular weight excluding hydrogens is 434 g/mol. The van der Waals surface area contributed by atoms with Crippen molar-refractivity contribution in [2.75, 3.05) is 26.7 Å². The molecule has 1 aliphatic heterocycles. The van der Waals surface area contributed by atoms with E-state index < -0.39 is 51.0 Å². The highest BCUT2D eigenvalue weighted by Gasteiger charge is 2.34. The summed E-state index contributed by atoms with van der Waals surface area (Å²) in [5, 5.41) is 0. The first kappa shape index (κ1) is 22.9. The molecule has 0 bridgehead atoms. The molecule has 1 amide bonds. The zero-order valence-corrected chi connectivity index (χ0v) is 17.6. The number of nitrogens with zero attached hydrogens (tertiary/aromatic N) is 2. The van der Waals surface area contributed by atoms with Crippen LogP contribution in [0.5, 0.6) is 0 Å². The smallest absolute Gasteiger partial charge is 0.309 e. The molecule has 1 aliphatic rings. The van der Waals surface area contributed by atoms with Crippen LogP contribution >= 0.6 is 0 Å². The van der Waals surface area contributed by atoms with Gasteiger partial charge in [0, 0.05) is 20.1 Å². The zero-order chi connectivity index (χ0) is 22.6. The third-order valence-electron chi connectivity index (χ3n) is 5.04. The molecule has 0 atom stereocenters. The number of piperidine rings is 1. The highest BCUT2D eigenvalue weighted by Crippen LogP contribution is 2.26. The highest BCUT2D eigenvalue weighted by molar-refractivity contribution is 7.89. The first-order valence-electron chi connectivity index (χ1n) is 9.56. The fraction of sp³-hybridized carbons (Fsp3) is 0.400. The summed E-state index contributed by atoms with van der Waals surface area (Å²) in [6.07, 6.45) is 1.78. The highest BCUT2D eigenvalue weighted by atomic mass is 32.2. The van der Waals surface area contributed by atoms with Crippen molar-refractivity contribution in [1.82, 2.24) is 9.21 Å². The minimum atomic E-state index is -4.23. The Morgan fingerprint density at radius 3 is 2.58 bits per heavy atom. The lowest BCUT2D eigenvalue weighted by Crippen LogP contribution is -2.41. The molecule has 0 unspecified atom stereocenters. The lowest BCUT2D eigenvalue weighted by Gasteiger charge is -2.30. The Hall–Kier alpha value is -2.79. The number of benzene rings is 1. The summed E-state index contributed by atoms with van der Waals surface area (Å²) >= 11 is 0. The van der Waals surface area contributed by atoms with Crippen LogP contribution in [0.1, 0.15) is 18.6 Å². The Balaban J connectivity index is 1.50. The van der Waals surface area contributed by atoms with Crippen molar-refractivity contribution in [2.24, 2.45) is 5.92 Å². The van der Waals surface area contributed by atoms with Crippen LogP contribution in [0.3, 0.4) is 0 Å². The summed E-state index contributed by atoms with van der Waals surface area (Å²) in [5.41, 5.74) is 0. The van der Waals surface area contributed by atoms with Crippen molar-refractivity contribution in [1.29, 1.82) is 0 Å². The van der Waals surface area contributed by atoms with Crippen LogP contribution < -0.4 is 0 Å². The van der Waals surface area contributed by atoms with E-state index in [2.05, 4.69) is 0 Å². The third kappa shape index (κ3) is 5.47. The summed E-state index contributed by atoms with van der Waals surface area (Å²) in [7, 11) is -2.68. The predicted octanol–water partition coefficient (Wildman–Crippen LogP) is 2.16. The third-order valence-corrected chi connectivity index (χ3v) is 6.95. The van der Waals surface area contributed by atoms with E-state index in [1.54, 1.807) is 19.2 Å². The van der Waals surface area contributed by atoms with Crippen LogP contribution in [-0.2, 0) is 30.9 Å². The summed E-state index contributed by atoms with van der Waals surface area (Å²) < 4.78 is 63.7. The average molecular weight is 456 g/mol. The molecule has 0 spiro atoms. The monoisotopic (exact) mass is 456 g/mol. The fourth-order valence-electron chi connectivity index (χ4n) is 3.23. The molecule has 1 aromatic heterocycles. The molecule has 8 nitrogen and oxygen atoms in total. The van der Waals surface area contributed by atoms with E-state index in [0.717, 1.165) is 16.4 Å². The van der Waals surface area contributed by atoms with E-state index >= 15 is 0 Å². The second-order valence-electron chi connectivity index (χ2n) is 7.19. The molecule has 3 rings (SSSR count). The van der Waals surface area contributed by atoms with Gasteiger partial charge in [0.05, 0.1) is 18.7 Å². The van der Waals surface area contributed by atoms with Crippen molar-refractivity contribution in [3.8, 4) is 0 Å². The van der Waals surface area contributed by atoms with Crippen LogP contribution in [0.25, 0.3) is 0 Å². The number of esters is 1. The van der Waals surface area contributed by atoms with E-state index in [1.807, 2.05) is 0 Å². The Morgan fingerprint density at radius 2 is 1.94 bits per heavy atom. The molecule has 0 saturated carbocycles. The minimum absolute atomic E-state index is 0.0512. The van der Waals surface area contributed by atoms with Crippen LogP contribution in [0.4, 0.5) is 8.78 Å². The van der Waals surface area contributed by atoms with Gasteiger partial charge in [-0.3, -0.25) is 9.59 Å². The maximum atomic E-state index is 13.9. The van der Waals surface area contributed by atoms with Gasteiger partial charge in [-0.05, 0) is 43.2 Å². The Labute approximate surface area is 178 Å². The van der Waals surface area contributed by atoms with E-state index in [1.165, 1.54) is 11.2 Å². The molecule has 1 fully saturated rings. The molecule has 31 heavy (non-hydrogen) atoms. The van der Waals surface area contributed by atoms with Crippen molar-refractivity contribution >= 4 is 21.9 Å². The largest absolute Gasteiger partial charge is 0.467 e. The van der Waals surface area contributed by atoms with Gasteiger partial charge in [0.15, 0.2) is 6.61 Å². The molecular formula is C20H22F2N2O6S. The Bertz CT molecular complexity index is 1030. The van der Waals surface area contributed by atoms with Crippen LogP contribution in [0.15, 0.2) is 45.9 Å². The average Bonchev–Trinajstić information content (AvgIpc) is 3.26. The molecule has 2 heterocycles. The van der Waals surface area contributed by atoms with Gasteiger partial charge in [0.2, 0.25) is 10.0 Å². The number of carbonyl (C=O) groups excluding carboxylic acids is 2. The summed E-state index contributed by atoms with van der Waals surface area (Å²) in [5.74, 6) is -2.92. The number of ether oxygens (including phenoxy) is 1. The number of likely N-dealkylation sites (N-methyl/N-ethyl adjacent to an activating group) is 1. The Kier molecular flexibility index (Phi) is 7.06. The van der Waals surface area contributed by atoms with Gasteiger partial charge in [0.25, 0.3) is 5.91 Å². The lowest BCUT2D eigenvalue weighted by atomic mass is 9.98. The number of rotatable bonds is 7. The van der Waals surface area contributed by atoms with Crippen molar-refractivity contribution in [2.45, 2.75) is 24.3 Å². The van der Waals surface area contributed by atoms with E-state index in [0.29, 0.717) is 11.8 Å². The van der Waals surface area contributed by atoms with Crippen LogP contribution in [0, 0.1) is 17.6 Å². The number of amides is 1. The minimum Gasteiger partial charge on any atom is -0.467 e. The molecule has 0 aliphatic carbocycles. The van der Waals surface area contributed by atoms with Gasteiger partial charge in [-0.2, -0.15) is 4.31 Å². The van der Waals surface area contributed by atoms with Gasteiger partial charge in [-0.15, -0.1) is 0 Å². The maximum Gasteiger partial charge on any atom is 0.309 e. The number of sulfonamides is 1. The van der Waals surface area contributed by atoms with Crippen molar-refractivity contribution < 1.29 is 35.9 Å². The summed E-state index contributed by atoms with van der Waals surface area (Å²) in [4.78, 5) is 25.0. The molecule has 0 radical (unpaired) electrons. The van der Waals surface area contributed by atoms with E-state index in [4.69, 9.17) is 9.15 Å². The van der Waals surface area contributed by atoms with Gasteiger partial charge in [0.1, 0.15) is 22.3 Å². The van der Waals surface area contributed by atoms with Crippen LogP contribution in [0.2, 0.25) is 0 Å². The molecule has 2 aromatic rings. The lowest BCUT2D eigenvalue weighted by molar-refractivity contribution is -0.156. The normalized spacial score (nSPS) is 15.6. The molecule has 0 N–H and O–H groups in total. The standard InChI is InChI=1S/C20H22F2N2O6S/c1-23(12-16-3-2-10-29-16)19(25)13-30-20(26)14-6-8-24(9-7-14)31(27,28)18-11-15(21)4-5-17(18)22/h2-5,10-11,14H,6-9,12-13H2,1H3. The number of carbonyl (C=O) groups is 2. The summed E-state index contributed by atoms with van der Waals surface area (Å²) in [6.45, 7) is -0.311. The first-order valence-corrected chi connectivity index (χ1v) is 11.0. The predicted molar refractivity (Wildman–Crippen MR) is 104 cm³/mol. The molecule has 11 heteroatoms. The topological polar surface area (TPSA) is 97.1 Å². The SMILES string of the molecule is CN(Cc1ccco1)C(=O)COC(=O)C1CCN(S(=O)(=O)c2cc(F)ccc2F)CC1. The first-order chi connectivity index (χ1) is 14.7.